The Morgan fingerprint density at radius 1 is 1.22 bits per heavy atom. The third kappa shape index (κ3) is 4.21. The maximum Gasteiger partial charge on any atom is 0.329 e. The smallest absolute Gasteiger partial charge is 0.329 e. The van der Waals surface area contributed by atoms with Crippen LogP contribution in [0.3, 0.4) is 0 Å². The summed E-state index contributed by atoms with van der Waals surface area (Å²) in [6, 6.07) is 5.55. The minimum atomic E-state index is -0.997. The van der Waals surface area contributed by atoms with Gasteiger partial charge in [0.05, 0.1) is 11.5 Å². The minimum absolute atomic E-state index is 0.0244. The number of hydrogen-bond acceptors (Lipinski definition) is 8. The van der Waals surface area contributed by atoms with Gasteiger partial charge in [0.1, 0.15) is 18.5 Å². The number of nitrogens with one attached hydrogen (secondary N) is 1. The van der Waals surface area contributed by atoms with Crippen LogP contribution in [0.15, 0.2) is 33.9 Å². The van der Waals surface area contributed by atoms with Gasteiger partial charge in [0.25, 0.3) is 11.2 Å². The Kier molecular flexibility index (Phi) is 5.95. The molecule has 1 aromatic carbocycles. The number of anilines is 1. The number of aromatic amines is 1. The summed E-state index contributed by atoms with van der Waals surface area (Å²) in [7, 11) is 1.53. The average Bonchev–Trinajstić information content (AvgIpc) is 3.17. The highest BCUT2D eigenvalue weighted by Gasteiger charge is 2.24. The van der Waals surface area contributed by atoms with Crippen molar-refractivity contribution in [3.05, 3.63) is 55.2 Å². The Labute approximate surface area is 181 Å². The summed E-state index contributed by atoms with van der Waals surface area (Å²) in [6.07, 6.45) is 2.10. The van der Waals surface area contributed by atoms with Crippen LogP contribution in [-0.2, 0) is 13.6 Å². The number of rotatable bonds is 7. The van der Waals surface area contributed by atoms with Crippen LogP contribution >= 0.6 is 0 Å². The SMILES string of the molecule is Cn1c(=O)[nH]c(=O)c2c1nc(N1CCCCC1)n2C[C@@H](O)COc1ccc([N+](=O)[O-])cc1. The number of non-ortho nitro benzene ring substituents is 1. The molecule has 1 atom stereocenters. The third-order valence-corrected chi connectivity index (χ3v) is 5.51. The number of H-pyrrole nitrogens is 1. The van der Waals surface area contributed by atoms with Crippen LogP contribution in [0.4, 0.5) is 11.6 Å². The van der Waals surface area contributed by atoms with Crippen molar-refractivity contribution in [3.8, 4) is 5.75 Å². The lowest BCUT2D eigenvalue weighted by Crippen LogP contribution is -2.34. The number of nitro groups is 1. The molecule has 0 saturated carbocycles. The Bertz CT molecular complexity index is 1240. The van der Waals surface area contributed by atoms with E-state index in [9.17, 15) is 24.8 Å². The number of aliphatic hydroxyl groups is 1. The fourth-order valence-electron chi connectivity index (χ4n) is 3.85. The van der Waals surface area contributed by atoms with Crippen LogP contribution in [0, 0.1) is 10.1 Å². The van der Waals surface area contributed by atoms with Gasteiger partial charge in [-0.15, -0.1) is 0 Å². The summed E-state index contributed by atoms with van der Waals surface area (Å²) in [5, 5.41) is 21.4. The molecule has 12 nitrogen and oxygen atoms in total. The molecule has 2 aromatic heterocycles. The second-order valence-electron chi connectivity index (χ2n) is 7.78. The summed E-state index contributed by atoms with van der Waals surface area (Å²) in [6.45, 7) is 1.46. The van der Waals surface area contributed by atoms with Crippen molar-refractivity contribution in [1.29, 1.82) is 0 Å². The number of nitro benzene ring substituents is 1. The molecule has 3 aromatic rings. The maximum atomic E-state index is 12.6. The summed E-state index contributed by atoms with van der Waals surface area (Å²) >= 11 is 0. The van der Waals surface area contributed by atoms with Crippen LogP contribution in [0.25, 0.3) is 11.2 Å². The number of piperidine rings is 1. The van der Waals surface area contributed by atoms with Gasteiger partial charge in [0.2, 0.25) is 5.95 Å². The van der Waals surface area contributed by atoms with Gasteiger partial charge in [-0.3, -0.25) is 24.5 Å². The number of nitrogens with zero attached hydrogens (tertiary/aromatic N) is 5. The topological polar surface area (TPSA) is 149 Å². The molecule has 3 heterocycles. The molecule has 1 fully saturated rings. The van der Waals surface area contributed by atoms with E-state index < -0.39 is 22.3 Å². The molecular weight excluding hydrogens is 420 g/mol. The largest absolute Gasteiger partial charge is 0.491 e. The van der Waals surface area contributed by atoms with Crippen LogP contribution in [0.1, 0.15) is 19.3 Å². The van der Waals surface area contributed by atoms with Crippen LogP contribution in [0.5, 0.6) is 5.75 Å². The lowest BCUT2D eigenvalue weighted by atomic mass is 10.1. The molecule has 4 rings (SSSR count). The van der Waals surface area contributed by atoms with Crippen molar-refractivity contribution in [3.63, 3.8) is 0 Å². The summed E-state index contributed by atoms with van der Waals surface area (Å²) in [4.78, 5) is 43.8. The van der Waals surface area contributed by atoms with E-state index in [0.717, 1.165) is 32.4 Å². The molecule has 2 N–H and O–H groups in total. The predicted octanol–water partition coefficient (Wildman–Crippen LogP) is 0.762. The van der Waals surface area contributed by atoms with Gasteiger partial charge in [-0.1, -0.05) is 0 Å². The number of aliphatic hydroxyl groups excluding tert-OH is 1. The quantitative estimate of drug-likeness (QED) is 0.401. The van der Waals surface area contributed by atoms with Crippen molar-refractivity contribution < 1.29 is 14.8 Å². The molecule has 1 aliphatic heterocycles. The first-order chi connectivity index (χ1) is 15.3. The number of aromatic nitrogens is 4. The molecule has 1 aliphatic rings. The first-order valence-corrected chi connectivity index (χ1v) is 10.3. The lowest BCUT2D eigenvalue weighted by molar-refractivity contribution is -0.384. The summed E-state index contributed by atoms with van der Waals surface area (Å²) in [5.74, 6) is 0.905. The van der Waals surface area contributed by atoms with Crippen molar-refractivity contribution in [2.24, 2.45) is 7.05 Å². The van der Waals surface area contributed by atoms with Crippen LogP contribution < -0.4 is 20.9 Å². The molecule has 0 amide bonds. The van der Waals surface area contributed by atoms with E-state index in [-0.39, 0.29) is 30.0 Å². The zero-order valence-electron chi connectivity index (χ0n) is 17.6. The van der Waals surface area contributed by atoms with Gasteiger partial charge in [0.15, 0.2) is 11.2 Å². The van der Waals surface area contributed by atoms with Gasteiger partial charge >= 0.3 is 5.69 Å². The average molecular weight is 444 g/mol. The number of hydrogen-bond donors (Lipinski definition) is 2. The number of ether oxygens (including phenoxy) is 1. The van der Waals surface area contributed by atoms with Gasteiger partial charge < -0.3 is 19.3 Å². The molecule has 0 radical (unpaired) electrons. The van der Waals surface area contributed by atoms with E-state index in [0.29, 0.717) is 11.7 Å². The Morgan fingerprint density at radius 2 is 1.91 bits per heavy atom. The fourth-order valence-corrected chi connectivity index (χ4v) is 3.85. The Balaban J connectivity index is 1.60. The highest BCUT2D eigenvalue weighted by Crippen LogP contribution is 2.24. The van der Waals surface area contributed by atoms with Crippen molar-refractivity contribution in [1.82, 2.24) is 19.1 Å². The van der Waals surface area contributed by atoms with Gasteiger partial charge in [-0.25, -0.2) is 4.79 Å². The van der Waals surface area contributed by atoms with Crippen molar-refractivity contribution >= 4 is 22.8 Å². The second-order valence-corrected chi connectivity index (χ2v) is 7.78. The maximum absolute atomic E-state index is 12.6. The van der Waals surface area contributed by atoms with E-state index in [1.165, 1.54) is 35.9 Å². The van der Waals surface area contributed by atoms with E-state index in [1.807, 2.05) is 0 Å². The van der Waals surface area contributed by atoms with Crippen molar-refractivity contribution in [2.75, 3.05) is 24.6 Å². The predicted molar refractivity (Wildman–Crippen MR) is 116 cm³/mol. The molecule has 0 aliphatic carbocycles. The summed E-state index contributed by atoms with van der Waals surface area (Å²) < 4.78 is 8.47. The monoisotopic (exact) mass is 444 g/mol. The molecule has 0 unspecified atom stereocenters. The highest BCUT2D eigenvalue weighted by molar-refractivity contribution is 5.74. The number of benzene rings is 1. The Morgan fingerprint density at radius 3 is 2.56 bits per heavy atom. The zero-order valence-corrected chi connectivity index (χ0v) is 17.6. The molecule has 0 bridgehead atoms. The first kappa shape index (κ1) is 21.6. The van der Waals surface area contributed by atoms with E-state index in [1.54, 1.807) is 4.57 Å². The molecule has 32 heavy (non-hydrogen) atoms. The van der Waals surface area contributed by atoms with Crippen LogP contribution in [0.2, 0.25) is 0 Å². The molecule has 12 heteroatoms. The normalized spacial score (nSPS) is 15.1. The van der Waals surface area contributed by atoms with Crippen molar-refractivity contribution in [2.45, 2.75) is 31.9 Å². The number of fused-ring (bicyclic) bond motifs is 1. The van der Waals surface area contributed by atoms with E-state index in [2.05, 4.69) is 14.9 Å². The third-order valence-electron chi connectivity index (χ3n) is 5.51. The van der Waals surface area contributed by atoms with Crippen LogP contribution in [-0.4, -0.2) is 54.9 Å². The molecule has 0 spiro atoms. The second kappa shape index (κ2) is 8.83. The van der Waals surface area contributed by atoms with Gasteiger partial charge in [0, 0.05) is 32.3 Å². The number of aryl methyl sites for hydroxylation is 1. The van der Waals surface area contributed by atoms with E-state index in [4.69, 9.17) is 4.74 Å². The zero-order chi connectivity index (χ0) is 22.8. The number of imidazole rings is 1. The molecule has 170 valence electrons. The lowest BCUT2D eigenvalue weighted by Gasteiger charge is -2.28. The molecular formula is C20H24N6O6. The minimum Gasteiger partial charge on any atom is -0.491 e. The van der Waals surface area contributed by atoms with Gasteiger partial charge in [-0.05, 0) is 31.4 Å². The fraction of sp³-hybridized carbons (Fsp3) is 0.450. The van der Waals surface area contributed by atoms with Gasteiger partial charge in [-0.2, -0.15) is 4.98 Å². The standard InChI is InChI=1S/C20H24N6O6/c1-23-17-16(18(28)22-20(23)29)25(19(21-17)24-9-3-2-4-10-24)11-14(27)12-32-15-7-5-13(6-8-15)26(30)31/h5-8,14,27H,2-4,9-12H2,1H3,(H,22,28,29)/t14-/m1/s1. The summed E-state index contributed by atoms with van der Waals surface area (Å²) in [5.41, 5.74) is -0.717. The first-order valence-electron chi connectivity index (χ1n) is 10.3. The Hall–Kier alpha value is -3.67. The van der Waals surface area contributed by atoms with E-state index >= 15 is 0 Å². The molecule has 1 saturated heterocycles. The highest BCUT2D eigenvalue weighted by atomic mass is 16.6.